The van der Waals surface area contributed by atoms with E-state index in [-0.39, 0.29) is 11.8 Å². The molecule has 0 radical (unpaired) electrons. The predicted molar refractivity (Wildman–Crippen MR) is 153 cm³/mol. The minimum atomic E-state index is -0.0207. The van der Waals surface area contributed by atoms with Gasteiger partial charge in [-0.2, -0.15) is 0 Å². The second-order valence-corrected chi connectivity index (χ2v) is 11.9. The summed E-state index contributed by atoms with van der Waals surface area (Å²) in [7, 11) is 0. The Labute approximate surface area is 239 Å². The molecular weight excluding hydrogens is 558 g/mol. The number of amides is 2. The van der Waals surface area contributed by atoms with E-state index in [0.717, 1.165) is 68.7 Å². The molecule has 0 atom stereocenters. The van der Waals surface area contributed by atoms with E-state index in [1.807, 2.05) is 15.9 Å². The second-order valence-electron chi connectivity index (χ2n) is 10.9. The molecule has 0 unspecified atom stereocenters. The summed E-state index contributed by atoms with van der Waals surface area (Å²) >= 11 is 3.33. The molecular formula is C29H36BrN7O2. The molecule has 6 rings (SSSR count). The number of halogens is 1. The summed E-state index contributed by atoms with van der Waals surface area (Å²) in [5.41, 5.74) is 1.45. The monoisotopic (exact) mass is 593 g/mol. The van der Waals surface area contributed by atoms with Gasteiger partial charge in [0.05, 0.1) is 6.57 Å². The van der Waals surface area contributed by atoms with Gasteiger partial charge >= 0.3 is 0 Å². The van der Waals surface area contributed by atoms with Gasteiger partial charge in [0, 0.05) is 82.3 Å². The predicted octanol–water partition coefficient (Wildman–Crippen LogP) is 3.81. The van der Waals surface area contributed by atoms with Crippen molar-refractivity contribution in [2.45, 2.75) is 25.7 Å². The Morgan fingerprint density at radius 1 is 0.744 bits per heavy atom. The minimum Gasteiger partial charge on any atom is -0.335 e. The van der Waals surface area contributed by atoms with E-state index in [9.17, 15) is 9.59 Å². The molecule has 0 bridgehead atoms. The molecule has 2 amide bonds. The molecule has 2 aliphatic heterocycles. The summed E-state index contributed by atoms with van der Waals surface area (Å²) in [6.45, 7) is 16.4. The highest BCUT2D eigenvalue weighted by atomic mass is 79.9. The first-order valence-electron chi connectivity index (χ1n) is 14.0. The molecule has 2 aliphatic carbocycles. The lowest BCUT2D eigenvalue weighted by Crippen LogP contribution is -2.49. The molecule has 2 aromatic heterocycles. The maximum atomic E-state index is 12.3. The zero-order valence-electron chi connectivity index (χ0n) is 22.3. The standard InChI is InChI=1S/C15H18N4O.C14H18BrN3O/c1-16-13-4-5-14(17-10-13)15(20)19-8-6-18(7-9-19)11-12-2-3-12;15-12-3-4-13(16-9-12)14(19)18-7-5-17(6-8-18)10-11-1-2-11/h4-5,10,12H,2-3,6-9,11H2;3-4,9,11H,1-2,5-8,10H2. The van der Waals surface area contributed by atoms with Crippen molar-refractivity contribution in [1.82, 2.24) is 29.6 Å². The quantitative estimate of drug-likeness (QED) is 0.474. The molecule has 2 aromatic rings. The molecule has 0 N–H and O–H groups in total. The van der Waals surface area contributed by atoms with Gasteiger partial charge in [-0.3, -0.25) is 24.4 Å². The molecule has 4 heterocycles. The van der Waals surface area contributed by atoms with Gasteiger partial charge in [0.1, 0.15) is 11.4 Å². The molecule has 4 fully saturated rings. The average molecular weight is 595 g/mol. The summed E-state index contributed by atoms with van der Waals surface area (Å²) in [5, 5.41) is 0. The number of carbonyl (C=O) groups excluding carboxylic acids is 2. The largest absolute Gasteiger partial charge is 0.335 e. The van der Waals surface area contributed by atoms with E-state index >= 15 is 0 Å². The molecule has 9 nitrogen and oxygen atoms in total. The first-order chi connectivity index (χ1) is 19.0. The first kappa shape index (κ1) is 27.7. The molecule has 0 spiro atoms. The fraction of sp³-hybridized carbons (Fsp3) is 0.552. The number of carbonyl (C=O) groups is 2. The van der Waals surface area contributed by atoms with Gasteiger partial charge in [-0.05, 0) is 71.6 Å². The minimum absolute atomic E-state index is 0.0207. The maximum absolute atomic E-state index is 12.3. The van der Waals surface area contributed by atoms with Crippen molar-refractivity contribution >= 4 is 33.4 Å². The second kappa shape index (κ2) is 13.0. The van der Waals surface area contributed by atoms with Gasteiger partial charge in [-0.25, -0.2) is 9.83 Å². The van der Waals surface area contributed by atoms with Crippen molar-refractivity contribution < 1.29 is 9.59 Å². The van der Waals surface area contributed by atoms with Crippen LogP contribution in [-0.2, 0) is 0 Å². The van der Waals surface area contributed by atoms with Crippen molar-refractivity contribution in [1.29, 1.82) is 0 Å². The van der Waals surface area contributed by atoms with Crippen molar-refractivity contribution in [3.05, 3.63) is 63.9 Å². The van der Waals surface area contributed by atoms with Gasteiger partial charge in [0.2, 0.25) is 5.69 Å². The van der Waals surface area contributed by atoms with E-state index in [2.05, 4.69) is 40.5 Å². The van der Waals surface area contributed by atoms with Crippen LogP contribution >= 0.6 is 15.9 Å². The Hall–Kier alpha value is -2.87. The number of hydrogen-bond acceptors (Lipinski definition) is 6. The van der Waals surface area contributed by atoms with Gasteiger partial charge in [0.15, 0.2) is 0 Å². The summed E-state index contributed by atoms with van der Waals surface area (Å²) in [4.78, 5) is 44.9. The van der Waals surface area contributed by atoms with E-state index in [1.54, 1.807) is 24.4 Å². The van der Waals surface area contributed by atoms with Crippen LogP contribution in [0.2, 0.25) is 0 Å². The number of aromatic nitrogens is 2. The number of rotatable bonds is 6. The van der Waals surface area contributed by atoms with E-state index in [4.69, 9.17) is 6.57 Å². The van der Waals surface area contributed by atoms with Gasteiger partial charge in [-0.15, -0.1) is 0 Å². The summed E-state index contributed by atoms with van der Waals surface area (Å²) in [5.74, 6) is 1.86. The molecule has 39 heavy (non-hydrogen) atoms. The van der Waals surface area contributed by atoms with Crippen LogP contribution in [-0.4, -0.2) is 107 Å². The van der Waals surface area contributed by atoms with Crippen LogP contribution in [0.4, 0.5) is 5.69 Å². The van der Waals surface area contributed by atoms with Crippen LogP contribution < -0.4 is 0 Å². The van der Waals surface area contributed by atoms with Crippen LogP contribution in [0.15, 0.2) is 41.1 Å². The van der Waals surface area contributed by atoms with Crippen molar-refractivity contribution in [3.8, 4) is 0 Å². The highest BCUT2D eigenvalue weighted by molar-refractivity contribution is 9.10. The van der Waals surface area contributed by atoms with Crippen LogP contribution in [0.1, 0.15) is 46.7 Å². The Morgan fingerprint density at radius 2 is 1.21 bits per heavy atom. The van der Waals surface area contributed by atoms with Crippen LogP contribution in [0.25, 0.3) is 4.85 Å². The summed E-state index contributed by atoms with van der Waals surface area (Å²) in [6.07, 6.45) is 8.66. The number of hydrogen-bond donors (Lipinski definition) is 0. The third kappa shape index (κ3) is 8.07. The maximum Gasteiger partial charge on any atom is 0.272 e. The summed E-state index contributed by atoms with van der Waals surface area (Å²) in [6, 6.07) is 6.94. The van der Waals surface area contributed by atoms with E-state index < -0.39 is 0 Å². The smallest absolute Gasteiger partial charge is 0.272 e. The fourth-order valence-corrected chi connectivity index (χ4v) is 5.24. The SMILES string of the molecule is O=C(c1ccc(Br)cn1)N1CCN(CC2CC2)CC1.[C-]#[N+]c1ccc(C(=O)N2CCN(CC3CC3)CC2)nc1. The Kier molecular flexibility index (Phi) is 9.22. The van der Waals surface area contributed by atoms with E-state index in [0.29, 0.717) is 17.1 Å². The lowest BCUT2D eigenvalue weighted by atomic mass is 10.2. The van der Waals surface area contributed by atoms with Crippen molar-refractivity contribution in [2.24, 2.45) is 11.8 Å². The number of pyridine rings is 2. The zero-order chi connectivity index (χ0) is 27.2. The first-order valence-corrected chi connectivity index (χ1v) is 14.8. The highest BCUT2D eigenvalue weighted by Crippen LogP contribution is 2.30. The topological polar surface area (TPSA) is 77.2 Å². The van der Waals surface area contributed by atoms with E-state index in [1.165, 1.54) is 45.0 Å². The average Bonchev–Trinajstić information content (AvgIpc) is 3.92. The Balaban J connectivity index is 0.000000158. The molecule has 0 aromatic carbocycles. The summed E-state index contributed by atoms with van der Waals surface area (Å²) < 4.78 is 0.901. The third-order valence-electron chi connectivity index (χ3n) is 7.79. The molecule has 10 heteroatoms. The fourth-order valence-electron chi connectivity index (χ4n) is 5.00. The van der Waals surface area contributed by atoms with Crippen LogP contribution in [0.5, 0.6) is 0 Å². The molecule has 206 valence electrons. The molecule has 4 aliphatic rings. The zero-order valence-corrected chi connectivity index (χ0v) is 23.9. The lowest BCUT2D eigenvalue weighted by Gasteiger charge is -2.34. The van der Waals surface area contributed by atoms with Gasteiger partial charge < -0.3 is 9.80 Å². The van der Waals surface area contributed by atoms with Crippen molar-refractivity contribution in [3.63, 3.8) is 0 Å². The lowest BCUT2D eigenvalue weighted by molar-refractivity contribution is 0.0620. The van der Waals surface area contributed by atoms with Gasteiger partial charge in [-0.1, -0.05) is 6.07 Å². The third-order valence-corrected chi connectivity index (χ3v) is 8.26. The number of nitrogens with zero attached hydrogens (tertiary/aromatic N) is 7. The van der Waals surface area contributed by atoms with Gasteiger partial charge in [0.25, 0.3) is 11.8 Å². The Bertz CT molecular complexity index is 1160. The van der Waals surface area contributed by atoms with Crippen LogP contribution in [0.3, 0.4) is 0 Å². The number of piperazine rings is 2. The normalized spacial score (nSPS) is 20.1. The molecule has 2 saturated carbocycles. The highest BCUT2D eigenvalue weighted by Gasteiger charge is 2.29. The Morgan fingerprint density at radius 3 is 1.56 bits per heavy atom. The molecule has 2 saturated heterocycles. The van der Waals surface area contributed by atoms with Crippen molar-refractivity contribution in [2.75, 3.05) is 65.4 Å². The van der Waals surface area contributed by atoms with Crippen LogP contribution in [0, 0.1) is 18.4 Å².